The Hall–Kier alpha value is -0.940. The van der Waals surface area contributed by atoms with E-state index in [1.54, 1.807) is 25.1 Å². The van der Waals surface area contributed by atoms with Gasteiger partial charge in [-0.2, -0.15) is 0 Å². The van der Waals surface area contributed by atoms with E-state index in [2.05, 4.69) is 0 Å². The molecule has 0 bridgehead atoms. The molecule has 17 heavy (non-hydrogen) atoms. The third kappa shape index (κ3) is 4.83. The minimum absolute atomic E-state index is 0.0686. The smallest absolute Gasteiger partial charge is 0.150 e. The van der Waals surface area contributed by atoms with Crippen molar-refractivity contribution in [3.8, 4) is 0 Å². The number of nitrogens with two attached hydrogens (primary N) is 1. The van der Waals surface area contributed by atoms with Crippen LogP contribution in [-0.4, -0.2) is 26.0 Å². The lowest BCUT2D eigenvalue weighted by molar-refractivity contribution is 0.567. The highest BCUT2D eigenvalue weighted by Crippen LogP contribution is 2.10. The van der Waals surface area contributed by atoms with E-state index >= 15 is 0 Å². The number of halogens is 1. The zero-order valence-electron chi connectivity index (χ0n) is 9.90. The van der Waals surface area contributed by atoms with Crippen LogP contribution in [0, 0.1) is 5.82 Å². The number of rotatable bonds is 6. The van der Waals surface area contributed by atoms with Gasteiger partial charge in [-0.15, -0.1) is 0 Å². The first-order valence-corrected chi connectivity index (χ1v) is 7.46. The Morgan fingerprint density at radius 1 is 1.35 bits per heavy atom. The van der Waals surface area contributed by atoms with Gasteiger partial charge in [0.15, 0.2) is 0 Å². The Morgan fingerprint density at radius 2 is 2.00 bits per heavy atom. The molecule has 0 radical (unpaired) electrons. The van der Waals surface area contributed by atoms with Gasteiger partial charge in [0.25, 0.3) is 0 Å². The van der Waals surface area contributed by atoms with Crippen LogP contribution in [-0.2, 0) is 16.3 Å². The van der Waals surface area contributed by atoms with Gasteiger partial charge < -0.3 is 5.73 Å². The predicted octanol–water partition coefficient (Wildman–Crippen LogP) is 1.52. The van der Waals surface area contributed by atoms with Crippen molar-refractivity contribution in [1.82, 2.24) is 0 Å². The van der Waals surface area contributed by atoms with E-state index in [0.29, 0.717) is 18.4 Å². The summed E-state index contributed by atoms with van der Waals surface area (Å²) in [6.07, 6.45) is 0.733. The number of hydrogen-bond acceptors (Lipinski definition) is 3. The van der Waals surface area contributed by atoms with Gasteiger partial charge in [0.05, 0.1) is 5.75 Å². The second kappa shape index (κ2) is 6.12. The summed E-state index contributed by atoms with van der Waals surface area (Å²) in [6.45, 7) is 1.61. The molecule has 0 saturated carbocycles. The molecule has 0 fully saturated rings. The summed E-state index contributed by atoms with van der Waals surface area (Å²) in [5.41, 5.74) is 6.34. The molecule has 1 aromatic carbocycles. The van der Waals surface area contributed by atoms with Crippen LogP contribution < -0.4 is 5.73 Å². The van der Waals surface area contributed by atoms with Gasteiger partial charge in [-0.05, 0) is 24.5 Å². The molecule has 0 saturated heterocycles. The topological polar surface area (TPSA) is 60.2 Å². The van der Waals surface area contributed by atoms with Crippen LogP contribution in [0.4, 0.5) is 4.39 Å². The third-order valence-electron chi connectivity index (χ3n) is 2.68. The van der Waals surface area contributed by atoms with E-state index in [4.69, 9.17) is 5.73 Å². The fraction of sp³-hybridized carbons (Fsp3) is 0.500. The first-order chi connectivity index (χ1) is 7.94. The summed E-state index contributed by atoms with van der Waals surface area (Å²) in [5, 5.41) is 0. The molecule has 3 nitrogen and oxygen atoms in total. The monoisotopic (exact) mass is 259 g/mol. The van der Waals surface area contributed by atoms with Crippen LogP contribution in [0.2, 0.25) is 0 Å². The molecule has 1 aromatic rings. The third-order valence-corrected chi connectivity index (χ3v) is 4.42. The summed E-state index contributed by atoms with van der Waals surface area (Å²) >= 11 is 0. The minimum atomic E-state index is -2.99. The highest BCUT2D eigenvalue weighted by molar-refractivity contribution is 7.91. The van der Waals surface area contributed by atoms with Crippen molar-refractivity contribution in [3.63, 3.8) is 0 Å². The average Bonchev–Trinajstić information content (AvgIpc) is 2.30. The highest BCUT2D eigenvalue weighted by atomic mass is 32.2. The predicted molar refractivity (Wildman–Crippen MR) is 67.0 cm³/mol. The molecule has 0 spiro atoms. The molecule has 0 heterocycles. The van der Waals surface area contributed by atoms with Gasteiger partial charge >= 0.3 is 0 Å². The fourth-order valence-electron chi connectivity index (χ4n) is 1.52. The van der Waals surface area contributed by atoms with Gasteiger partial charge in [-0.25, -0.2) is 12.8 Å². The largest absolute Gasteiger partial charge is 0.327 e. The van der Waals surface area contributed by atoms with Crippen molar-refractivity contribution in [2.75, 3.05) is 11.5 Å². The summed E-state index contributed by atoms with van der Waals surface area (Å²) in [7, 11) is -2.99. The van der Waals surface area contributed by atoms with E-state index in [1.807, 2.05) is 0 Å². The van der Waals surface area contributed by atoms with Crippen LogP contribution in [0.15, 0.2) is 24.3 Å². The van der Waals surface area contributed by atoms with Gasteiger partial charge in [0.2, 0.25) is 0 Å². The molecule has 0 aromatic heterocycles. The van der Waals surface area contributed by atoms with Crippen LogP contribution in [0.3, 0.4) is 0 Å². The van der Waals surface area contributed by atoms with Crippen molar-refractivity contribution in [3.05, 3.63) is 35.6 Å². The molecular formula is C12H18FNO2S. The fourth-order valence-corrected chi connectivity index (χ4v) is 2.47. The normalized spacial score (nSPS) is 13.6. The molecule has 2 N–H and O–H groups in total. The summed E-state index contributed by atoms with van der Waals surface area (Å²) in [4.78, 5) is 0. The molecule has 5 heteroatoms. The maximum Gasteiger partial charge on any atom is 0.150 e. The van der Waals surface area contributed by atoms with Gasteiger partial charge in [-0.3, -0.25) is 0 Å². The quantitative estimate of drug-likeness (QED) is 0.842. The molecule has 0 amide bonds. The second-order valence-corrected chi connectivity index (χ2v) is 6.55. The first-order valence-electron chi connectivity index (χ1n) is 5.64. The van der Waals surface area contributed by atoms with Gasteiger partial charge in [0, 0.05) is 11.8 Å². The standard InChI is InChI=1S/C12H18FNO2S/c1-2-17(15,16)8-7-11(14)9-10-5-3-4-6-12(10)13/h3-6,11H,2,7-9,14H2,1H3. The van der Waals surface area contributed by atoms with E-state index in [0.717, 1.165) is 0 Å². The van der Waals surface area contributed by atoms with Crippen LogP contribution in [0.5, 0.6) is 0 Å². The van der Waals surface area contributed by atoms with E-state index in [1.165, 1.54) is 6.07 Å². The summed E-state index contributed by atoms with van der Waals surface area (Å²) in [5.74, 6) is -0.0975. The maximum absolute atomic E-state index is 13.3. The van der Waals surface area contributed by atoms with Gasteiger partial charge in [0.1, 0.15) is 15.7 Å². The van der Waals surface area contributed by atoms with Crippen LogP contribution in [0.25, 0.3) is 0 Å². The van der Waals surface area contributed by atoms with Crippen LogP contribution >= 0.6 is 0 Å². The lowest BCUT2D eigenvalue weighted by atomic mass is 10.0. The Morgan fingerprint density at radius 3 is 2.59 bits per heavy atom. The SMILES string of the molecule is CCS(=O)(=O)CCC(N)Cc1ccccc1F. The molecular weight excluding hydrogens is 241 g/mol. The Kier molecular flexibility index (Phi) is 5.08. The number of benzene rings is 1. The lowest BCUT2D eigenvalue weighted by Gasteiger charge is -2.11. The average molecular weight is 259 g/mol. The molecule has 1 rings (SSSR count). The molecule has 1 unspecified atom stereocenters. The first kappa shape index (κ1) is 14.1. The maximum atomic E-state index is 13.3. The zero-order chi connectivity index (χ0) is 12.9. The van der Waals surface area contributed by atoms with Crippen molar-refractivity contribution in [1.29, 1.82) is 0 Å². The van der Waals surface area contributed by atoms with Gasteiger partial charge in [-0.1, -0.05) is 25.1 Å². The van der Waals surface area contributed by atoms with Crippen molar-refractivity contribution in [2.45, 2.75) is 25.8 Å². The summed E-state index contributed by atoms with van der Waals surface area (Å²) in [6, 6.07) is 6.09. The Bertz CT molecular complexity index is 459. The van der Waals surface area contributed by atoms with E-state index in [-0.39, 0.29) is 23.4 Å². The molecule has 0 aliphatic carbocycles. The molecule has 96 valence electrons. The number of hydrogen-bond donors (Lipinski definition) is 1. The van der Waals surface area contributed by atoms with E-state index < -0.39 is 9.84 Å². The van der Waals surface area contributed by atoms with Crippen molar-refractivity contribution >= 4 is 9.84 Å². The molecule has 0 aliphatic heterocycles. The highest BCUT2D eigenvalue weighted by Gasteiger charge is 2.12. The Balaban J connectivity index is 2.51. The lowest BCUT2D eigenvalue weighted by Crippen LogP contribution is -2.27. The molecule has 0 aliphatic rings. The number of sulfone groups is 1. The van der Waals surface area contributed by atoms with Crippen molar-refractivity contribution in [2.24, 2.45) is 5.73 Å². The summed E-state index contributed by atoms with van der Waals surface area (Å²) < 4.78 is 35.9. The van der Waals surface area contributed by atoms with Crippen LogP contribution in [0.1, 0.15) is 18.9 Å². The zero-order valence-corrected chi connectivity index (χ0v) is 10.7. The Labute approximate surface area is 102 Å². The molecule has 1 atom stereocenters. The second-order valence-electron chi connectivity index (χ2n) is 4.08. The minimum Gasteiger partial charge on any atom is -0.327 e. The van der Waals surface area contributed by atoms with Crippen molar-refractivity contribution < 1.29 is 12.8 Å². The van der Waals surface area contributed by atoms with E-state index in [9.17, 15) is 12.8 Å².